The number of rotatable bonds is 1. The third-order valence-corrected chi connectivity index (χ3v) is 1.62. The van der Waals surface area contributed by atoms with E-state index in [0.29, 0.717) is 11.0 Å². The van der Waals surface area contributed by atoms with Gasteiger partial charge in [0.1, 0.15) is 10.8 Å². The maximum atomic E-state index is 10.2. The van der Waals surface area contributed by atoms with E-state index in [0.717, 1.165) is 0 Å². The Kier molecular flexibility index (Phi) is 2.53. The molecule has 0 N–H and O–H groups in total. The molecule has 1 aliphatic rings. The van der Waals surface area contributed by atoms with Crippen LogP contribution in [0.2, 0.25) is 0 Å². The highest BCUT2D eigenvalue weighted by atomic mass is 79.9. The zero-order chi connectivity index (χ0) is 8.27. The van der Waals surface area contributed by atoms with Crippen LogP contribution >= 0.6 is 15.9 Å². The van der Waals surface area contributed by atoms with Gasteiger partial charge in [0.2, 0.25) is 0 Å². The van der Waals surface area contributed by atoms with E-state index in [-0.39, 0.29) is 5.70 Å². The molecule has 0 radical (unpaired) electrons. The number of aliphatic imine (C=N–C) groups is 1. The van der Waals surface area contributed by atoms with Crippen LogP contribution < -0.4 is 0 Å². The fourth-order valence-electron chi connectivity index (χ4n) is 0.631. The van der Waals surface area contributed by atoms with Crippen molar-refractivity contribution >= 4 is 20.6 Å². The summed E-state index contributed by atoms with van der Waals surface area (Å²) in [6.07, 6.45) is 4.96. The van der Waals surface area contributed by atoms with Gasteiger partial charge in [0, 0.05) is 0 Å². The van der Waals surface area contributed by atoms with E-state index >= 15 is 0 Å². The lowest BCUT2D eigenvalue weighted by Gasteiger charge is -1.87. The standard InChI is InChI=1S/C6H5BrN2O2/c7-6-3-1-2-5(4-8-6)9(10)11/h1,3-4H,2H2. The third kappa shape index (κ3) is 2.27. The maximum absolute atomic E-state index is 10.2. The molecule has 0 aromatic rings. The Hall–Kier alpha value is -0.970. The number of hydrogen-bond donors (Lipinski definition) is 0. The van der Waals surface area contributed by atoms with Gasteiger partial charge < -0.3 is 0 Å². The molecular weight excluding hydrogens is 212 g/mol. The summed E-state index contributed by atoms with van der Waals surface area (Å²) < 4.78 is 0.606. The van der Waals surface area contributed by atoms with Crippen molar-refractivity contribution in [3.05, 3.63) is 34.2 Å². The lowest BCUT2D eigenvalue weighted by molar-refractivity contribution is -0.426. The van der Waals surface area contributed by atoms with E-state index in [1.807, 2.05) is 0 Å². The Balaban J connectivity index is 2.86. The fraction of sp³-hybridized carbons (Fsp3) is 0.167. The molecule has 58 valence electrons. The minimum Gasteiger partial charge on any atom is -0.259 e. The van der Waals surface area contributed by atoms with E-state index in [1.54, 1.807) is 12.2 Å². The molecular formula is C6H5BrN2O2. The van der Waals surface area contributed by atoms with Gasteiger partial charge in [0.05, 0.1) is 11.3 Å². The van der Waals surface area contributed by atoms with Crippen molar-refractivity contribution in [3.63, 3.8) is 0 Å². The number of hydrogen-bond acceptors (Lipinski definition) is 3. The third-order valence-electron chi connectivity index (χ3n) is 1.15. The molecule has 0 spiro atoms. The predicted octanol–water partition coefficient (Wildman–Crippen LogP) is 1.86. The lowest BCUT2D eigenvalue weighted by atomic mass is 10.3. The van der Waals surface area contributed by atoms with E-state index in [2.05, 4.69) is 20.9 Å². The quantitative estimate of drug-likeness (QED) is 0.497. The van der Waals surface area contributed by atoms with Crippen LogP contribution in [0.4, 0.5) is 0 Å². The molecule has 0 saturated carbocycles. The van der Waals surface area contributed by atoms with Crippen molar-refractivity contribution in [1.29, 1.82) is 0 Å². The van der Waals surface area contributed by atoms with Gasteiger partial charge in [0.25, 0.3) is 5.70 Å². The minimum absolute atomic E-state index is 0.107. The summed E-state index contributed by atoms with van der Waals surface area (Å²) >= 11 is 3.11. The van der Waals surface area contributed by atoms with Crippen LogP contribution in [0.3, 0.4) is 0 Å². The van der Waals surface area contributed by atoms with E-state index in [1.165, 1.54) is 6.20 Å². The maximum Gasteiger partial charge on any atom is 0.268 e. The Bertz CT molecular complexity index is 268. The Morgan fingerprint density at radius 2 is 2.45 bits per heavy atom. The molecule has 0 fully saturated rings. The first-order valence-electron chi connectivity index (χ1n) is 2.93. The van der Waals surface area contributed by atoms with E-state index in [4.69, 9.17) is 0 Å². The molecule has 1 heterocycles. The normalized spacial score (nSPS) is 16.8. The topological polar surface area (TPSA) is 55.5 Å². The van der Waals surface area contributed by atoms with Crippen LogP contribution in [0.5, 0.6) is 0 Å². The van der Waals surface area contributed by atoms with E-state index in [9.17, 15) is 10.1 Å². The summed E-state index contributed by atoms with van der Waals surface area (Å²) in [6.45, 7) is 0. The highest BCUT2D eigenvalue weighted by Crippen LogP contribution is 2.09. The van der Waals surface area contributed by atoms with Crippen LogP contribution in [0, 0.1) is 10.1 Å². The van der Waals surface area contributed by atoms with Crippen LogP contribution in [0.15, 0.2) is 29.0 Å². The molecule has 0 aliphatic carbocycles. The molecule has 5 heteroatoms. The van der Waals surface area contributed by atoms with Gasteiger partial charge in [-0.15, -0.1) is 0 Å². The van der Waals surface area contributed by atoms with Gasteiger partial charge in [-0.2, -0.15) is 0 Å². The average Bonchev–Trinajstić information content (AvgIpc) is 2.13. The second kappa shape index (κ2) is 3.43. The number of allylic oxidation sites excluding steroid dienone is 2. The van der Waals surface area contributed by atoms with Gasteiger partial charge in [-0.1, -0.05) is 6.08 Å². The fourth-order valence-corrected chi connectivity index (χ4v) is 0.920. The van der Waals surface area contributed by atoms with Crippen LogP contribution in [-0.4, -0.2) is 9.54 Å². The van der Waals surface area contributed by atoms with Crippen molar-refractivity contribution < 1.29 is 4.92 Å². The zero-order valence-corrected chi connectivity index (χ0v) is 7.11. The van der Waals surface area contributed by atoms with E-state index < -0.39 is 4.92 Å². The van der Waals surface area contributed by atoms with Crippen LogP contribution in [0.1, 0.15) is 6.42 Å². The average molecular weight is 217 g/mol. The van der Waals surface area contributed by atoms with Crippen molar-refractivity contribution in [2.24, 2.45) is 4.99 Å². The second-order valence-electron chi connectivity index (χ2n) is 1.94. The van der Waals surface area contributed by atoms with Gasteiger partial charge >= 0.3 is 0 Å². The molecule has 0 bridgehead atoms. The molecule has 0 unspecified atom stereocenters. The Morgan fingerprint density at radius 3 is 3.09 bits per heavy atom. The molecule has 1 aliphatic heterocycles. The first kappa shape index (κ1) is 8.13. The summed E-state index contributed by atoms with van der Waals surface area (Å²) in [5.41, 5.74) is 0.107. The Morgan fingerprint density at radius 1 is 1.73 bits per heavy atom. The number of nitro groups is 1. The minimum atomic E-state index is -0.431. The lowest BCUT2D eigenvalue weighted by Crippen LogP contribution is -1.95. The van der Waals surface area contributed by atoms with Crippen molar-refractivity contribution in [2.45, 2.75) is 6.42 Å². The van der Waals surface area contributed by atoms with Gasteiger partial charge in [-0.3, -0.25) is 10.1 Å². The highest BCUT2D eigenvalue weighted by molar-refractivity contribution is 9.18. The van der Waals surface area contributed by atoms with Gasteiger partial charge in [-0.25, -0.2) is 4.99 Å². The van der Waals surface area contributed by atoms with Gasteiger partial charge in [0.15, 0.2) is 0 Å². The molecule has 4 nitrogen and oxygen atoms in total. The number of nitrogens with zero attached hydrogens (tertiary/aromatic N) is 2. The largest absolute Gasteiger partial charge is 0.268 e. The van der Waals surface area contributed by atoms with Crippen LogP contribution in [0.25, 0.3) is 0 Å². The number of halogens is 1. The Labute approximate surface area is 71.6 Å². The smallest absolute Gasteiger partial charge is 0.259 e. The van der Waals surface area contributed by atoms with Crippen molar-refractivity contribution in [2.75, 3.05) is 0 Å². The summed E-state index contributed by atoms with van der Waals surface area (Å²) in [5, 5.41) is 10.2. The summed E-state index contributed by atoms with van der Waals surface area (Å²) in [4.78, 5) is 13.6. The summed E-state index contributed by atoms with van der Waals surface area (Å²) in [5.74, 6) is 0. The first-order valence-corrected chi connectivity index (χ1v) is 3.73. The van der Waals surface area contributed by atoms with Crippen molar-refractivity contribution in [3.8, 4) is 0 Å². The summed E-state index contributed by atoms with van der Waals surface area (Å²) in [7, 11) is 0. The van der Waals surface area contributed by atoms with Crippen LogP contribution in [-0.2, 0) is 0 Å². The predicted molar refractivity (Wildman–Crippen MR) is 45.2 cm³/mol. The molecule has 0 saturated heterocycles. The molecule has 0 atom stereocenters. The zero-order valence-electron chi connectivity index (χ0n) is 5.53. The SMILES string of the molecule is O=[N+]([O-])C1=CN=C(Br)C=CC1. The summed E-state index contributed by atoms with van der Waals surface area (Å²) in [6, 6.07) is 0. The van der Waals surface area contributed by atoms with Gasteiger partial charge in [-0.05, 0) is 22.0 Å². The molecule has 0 aromatic carbocycles. The highest BCUT2D eigenvalue weighted by Gasteiger charge is 2.09. The monoisotopic (exact) mass is 216 g/mol. The molecule has 1 rings (SSSR count). The van der Waals surface area contributed by atoms with Crippen molar-refractivity contribution in [1.82, 2.24) is 0 Å². The first-order chi connectivity index (χ1) is 5.20. The molecule has 0 amide bonds. The molecule has 0 aromatic heterocycles. The second-order valence-corrected chi connectivity index (χ2v) is 2.75. The molecule has 11 heavy (non-hydrogen) atoms.